The van der Waals surface area contributed by atoms with Crippen LogP contribution in [0.5, 0.6) is 0 Å². The summed E-state index contributed by atoms with van der Waals surface area (Å²) in [5.74, 6) is 0. The lowest BCUT2D eigenvalue weighted by Crippen LogP contribution is -2.25. The first-order chi connectivity index (χ1) is 5.83. The molecule has 0 radical (unpaired) electrons. The van der Waals surface area contributed by atoms with E-state index in [4.69, 9.17) is 0 Å². The van der Waals surface area contributed by atoms with Gasteiger partial charge >= 0.3 is 0 Å². The Hall–Kier alpha value is -0.300. The molecule has 0 atom stereocenters. The molecule has 0 unspecified atom stereocenters. The summed E-state index contributed by atoms with van der Waals surface area (Å²) in [4.78, 5) is 2.58. The molecule has 1 fully saturated rings. The highest BCUT2D eigenvalue weighted by molar-refractivity contribution is 4.96. The van der Waals surface area contributed by atoms with Crippen molar-refractivity contribution in [2.24, 2.45) is 0 Å². The zero-order chi connectivity index (χ0) is 8.81. The van der Waals surface area contributed by atoms with E-state index >= 15 is 0 Å². The fourth-order valence-corrected chi connectivity index (χ4v) is 1.71. The molecule has 1 aliphatic heterocycles. The van der Waals surface area contributed by atoms with Crippen LogP contribution >= 0.6 is 0 Å². The van der Waals surface area contributed by atoms with Crippen LogP contribution in [0.4, 0.5) is 0 Å². The molecule has 12 heavy (non-hydrogen) atoms. The van der Waals surface area contributed by atoms with Crippen LogP contribution in [-0.2, 0) is 0 Å². The van der Waals surface area contributed by atoms with Gasteiger partial charge in [-0.15, -0.1) is 0 Å². The van der Waals surface area contributed by atoms with Crippen molar-refractivity contribution in [2.45, 2.75) is 39.0 Å². The van der Waals surface area contributed by atoms with Crippen LogP contribution < -0.4 is 0 Å². The maximum Gasteiger partial charge on any atom is 0.00185 e. The van der Waals surface area contributed by atoms with Gasteiger partial charge in [0.15, 0.2) is 0 Å². The van der Waals surface area contributed by atoms with E-state index < -0.39 is 0 Å². The SMILES string of the molecule is C=C1CCCN(CCCC)CC1. The van der Waals surface area contributed by atoms with Crippen LogP contribution in [0.2, 0.25) is 0 Å². The molecule has 1 aliphatic rings. The van der Waals surface area contributed by atoms with Crippen LogP contribution in [-0.4, -0.2) is 24.5 Å². The Morgan fingerprint density at radius 1 is 1.33 bits per heavy atom. The van der Waals surface area contributed by atoms with Gasteiger partial charge < -0.3 is 4.90 Å². The van der Waals surface area contributed by atoms with Gasteiger partial charge in [0.05, 0.1) is 0 Å². The van der Waals surface area contributed by atoms with Gasteiger partial charge in [0.2, 0.25) is 0 Å². The van der Waals surface area contributed by atoms with Gasteiger partial charge in [-0.05, 0) is 38.8 Å². The largest absolute Gasteiger partial charge is 0.303 e. The molecule has 0 aliphatic carbocycles. The third kappa shape index (κ3) is 3.40. The van der Waals surface area contributed by atoms with Gasteiger partial charge in [0, 0.05) is 6.54 Å². The van der Waals surface area contributed by atoms with E-state index in [9.17, 15) is 0 Å². The van der Waals surface area contributed by atoms with E-state index in [1.807, 2.05) is 0 Å². The summed E-state index contributed by atoms with van der Waals surface area (Å²) in [7, 11) is 0. The Morgan fingerprint density at radius 2 is 2.17 bits per heavy atom. The Kier molecular flexibility index (Phi) is 4.37. The second kappa shape index (κ2) is 5.36. The molecule has 0 N–H and O–H groups in total. The highest BCUT2D eigenvalue weighted by atomic mass is 15.1. The van der Waals surface area contributed by atoms with Crippen molar-refractivity contribution in [3.8, 4) is 0 Å². The molecule has 1 nitrogen and oxygen atoms in total. The van der Waals surface area contributed by atoms with Crippen LogP contribution in [0, 0.1) is 0 Å². The molecule has 0 amide bonds. The first kappa shape index (κ1) is 9.79. The summed E-state index contributed by atoms with van der Waals surface area (Å²) >= 11 is 0. The average molecular weight is 167 g/mol. The maximum absolute atomic E-state index is 4.06. The van der Waals surface area contributed by atoms with Gasteiger partial charge in [0.25, 0.3) is 0 Å². The molecule has 0 spiro atoms. The molecule has 0 bridgehead atoms. The standard InChI is InChI=1S/C11H21N/c1-3-4-8-12-9-5-6-11(2)7-10-12/h2-10H2,1H3. The van der Waals surface area contributed by atoms with E-state index in [2.05, 4.69) is 18.4 Å². The predicted octanol–water partition coefficient (Wildman–Crippen LogP) is 2.83. The molecule has 0 saturated carbocycles. The third-order valence-electron chi connectivity index (χ3n) is 2.61. The van der Waals surface area contributed by atoms with Gasteiger partial charge in [-0.2, -0.15) is 0 Å². The fraction of sp³-hybridized carbons (Fsp3) is 0.818. The quantitative estimate of drug-likeness (QED) is 0.584. The van der Waals surface area contributed by atoms with Crippen molar-refractivity contribution >= 4 is 0 Å². The van der Waals surface area contributed by atoms with Crippen LogP contribution in [0.25, 0.3) is 0 Å². The van der Waals surface area contributed by atoms with E-state index in [0.717, 1.165) is 0 Å². The Morgan fingerprint density at radius 3 is 2.92 bits per heavy atom. The third-order valence-corrected chi connectivity index (χ3v) is 2.61. The van der Waals surface area contributed by atoms with E-state index in [1.54, 1.807) is 0 Å². The van der Waals surface area contributed by atoms with Crippen molar-refractivity contribution in [3.63, 3.8) is 0 Å². The average Bonchev–Trinajstić information content (AvgIpc) is 2.27. The summed E-state index contributed by atoms with van der Waals surface area (Å²) in [6.07, 6.45) is 6.47. The minimum absolute atomic E-state index is 1.23. The van der Waals surface area contributed by atoms with Crippen molar-refractivity contribution < 1.29 is 0 Å². The topological polar surface area (TPSA) is 3.24 Å². The Balaban J connectivity index is 2.21. The van der Waals surface area contributed by atoms with Crippen LogP contribution in [0.3, 0.4) is 0 Å². The molecule has 1 saturated heterocycles. The predicted molar refractivity (Wildman–Crippen MR) is 54.3 cm³/mol. The van der Waals surface area contributed by atoms with Gasteiger partial charge in [-0.1, -0.05) is 25.5 Å². The Labute approximate surface area is 76.5 Å². The smallest absolute Gasteiger partial charge is 0.00185 e. The molecule has 1 rings (SSSR count). The lowest BCUT2D eigenvalue weighted by Gasteiger charge is -2.18. The van der Waals surface area contributed by atoms with Crippen molar-refractivity contribution in [1.29, 1.82) is 0 Å². The minimum Gasteiger partial charge on any atom is -0.303 e. The molecule has 1 heterocycles. The van der Waals surface area contributed by atoms with Crippen LogP contribution in [0.1, 0.15) is 39.0 Å². The second-order valence-electron chi connectivity index (χ2n) is 3.80. The Bertz CT molecular complexity index is 140. The summed E-state index contributed by atoms with van der Waals surface area (Å²) in [6.45, 7) is 10.2. The number of likely N-dealkylation sites (tertiary alicyclic amines) is 1. The summed E-state index contributed by atoms with van der Waals surface area (Å²) < 4.78 is 0. The minimum atomic E-state index is 1.23. The zero-order valence-electron chi connectivity index (χ0n) is 8.31. The fourth-order valence-electron chi connectivity index (χ4n) is 1.71. The number of rotatable bonds is 3. The number of hydrogen-bond acceptors (Lipinski definition) is 1. The van der Waals surface area contributed by atoms with E-state index in [1.165, 1.54) is 57.3 Å². The van der Waals surface area contributed by atoms with Crippen molar-refractivity contribution in [2.75, 3.05) is 19.6 Å². The highest BCUT2D eigenvalue weighted by Crippen LogP contribution is 2.14. The van der Waals surface area contributed by atoms with E-state index in [0.29, 0.717) is 0 Å². The van der Waals surface area contributed by atoms with E-state index in [-0.39, 0.29) is 0 Å². The molecule has 0 aromatic rings. The van der Waals surface area contributed by atoms with Crippen molar-refractivity contribution in [1.82, 2.24) is 4.90 Å². The number of unbranched alkanes of at least 4 members (excludes halogenated alkanes) is 1. The summed E-state index contributed by atoms with van der Waals surface area (Å²) in [5, 5.41) is 0. The molecular weight excluding hydrogens is 146 g/mol. The normalized spacial score (nSPS) is 20.9. The first-order valence-electron chi connectivity index (χ1n) is 5.22. The first-order valence-corrected chi connectivity index (χ1v) is 5.22. The molecule has 0 aromatic heterocycles. The summed E-state index contributed by atoms with van der Waals surface area (Å²) in [5.41, 5.74) is 1.45. The maximum atomic E-state index is 4.06. The number of hydrogen-bond donors (Lipinski definition) is 0. The lowest BCUT2D eigenvalue weighted by molar-refractivity contribution is 0.282. The van der Waals surface area contributed by atoms with Gasteiger partial charge in [0.1, 0.15) is 0 Å². The zero-order valence-corrected chi connectivity index (χ0v) is 8.31. The lowest BCUT2D eigenvalue weighted by atomic mass is 10.1. The van der Waals surface area contributed by atoms with Crippen LogP contribution in [0.15, 0.2) is 12.2 Å². The number of nitrogens with zero attached hydrogens (tertiary/aromatic N) is 1. The molecular formula is C11H21N. The van der Waals surface area contributed by atoms with Gasteiger partial charge in [-0.25, -0.2) is 0 Å². The molecule has 70 valence electrons. The molecule has 0 aromatic carbocycles. The van der Waals surface area contributed by atoms with Gasteiger partial charge in [-0.3, -0.25) is 0 Å². The monoisotopic (exact) mass is 167 g/mol. The summed E-state index contributed by atoms with van der Waals surface area (Å²) in [6, 6.07) is 0. The van der Waals surface area contributed by atoms with Crippen molar-refractivity contribution in [3.05, 3.63) is 12.2 Å². The molecule has 1 heteroatoms. The highest BCUT2D eigenvalue weighted by Gasteiger charge is 2.09. The second-order valence-corrected chi connectivity index (χ2v) is 3.80.